The zero-order chi connectivity index (χ0) is 20.3. The van der Waals surface area contributed by atoms with Crippen molar-refractivity contribution in [1.82, 2.24) is 15.1 Å². The number of ether oxygens (including phenoxy) is 1. The highest BCUT2D eigenvalue weighted by Crippen LogP contribution is 2.24. The fraction of sp³-hybridized carbons (Fsp3) is 0.250. The SMILES string of the molecule is CNC(=O)c1nn(C)cc1NC(=O)c1ccc(COc2c(C)cccc2C)o1. The Hall–Kier alpha value is -3.55. The van der Waals surface area contributed by atoms with Crippen LogP contribution in [-0.4, -0.2) is 28.6 Å². The van der Waals surface area contributed by atoms with Crippen LogP contribution in [0.1, 0.15) is 37.9 Å². The van der Waals surface area contributed by atoms with E-state index in [0.717, 1.165) is 16.9 Å². The summed E-state index contributed by atoms with van der Waals surface area (Å²) in [6.45, 7) is 4.15. The second-order valence-corrected chi connectivity index (χ2v) is 6.37. The van der Waals surface area contributed by atoms with Gasteiger partial charge < -0.3 is 19.8 Å². The molecule has 0 radical (unpaired) electrons. The number of aromatic nitrogens is 2. The van der Waals surface area contributed by atoms with Gasteiger partial charge in [0, 0.05) is 20.3 Å². The van der Waals surface area contributed by atoms with Crippen LogP contribution in [0.5, 0.6) is 5.75 Å². The first-order chi connectivity index (χ1) is 13.4. The van der Waals surface area contributed by atoms with Gasteiger partial charge in [-0.1, -0.05) is 18.2 Å². The van der Waals surface area contributed by atoms with Gasteiger partial charge in [-0.2, -0.15) is 5.10 Å². The Bertz CT molecular complexity index is 999. The molecule has 0 bridgehead atoms. The number of para-hydroxylation sites is 1. The average Bonchev–Trinajstić information content (AvgIpc) is 3.27. The van der Waals surface area contributed by atoms with Gasteiger partial charge in [-0.05, 0) is 37.1 Å². The highest BCUT2D eigenvalue weighted by Gasteiger charge is 2.19. The Kier molecular flexibility index (Phi) is 5.49. The minimum Gasteiger partial charge on any atom is -0.485 e. The number of aryl methyl sites for hydroxylation is 3. The number of carbonyl (C=O) groups is 2. The van der Waals surface area contributed by atoms with E-state index in [1.807, 2.05) is 32.0 Å². The summed E-state index contributed by atoms with van der Waals surface area (Å²) in [5.74, 6) is 0.572. The van der Waals surface area contributed by atoms with Crippen molar-refractivity contribution < 1.29 is 18.7 Å². The van der Waals surface area contributed by atoms with Gasteiger partial charge in [0.1, 0.15) is 18.1 Å². The van der Waals surface area contributed by atoms with E-state index in [-0.39, 0.29) is 18.1 Å². The lowest BCUT2D eigenvalue weighted by Crippen LogP contribution is -2.21. The van der Waals surface area contributed by atoms with Gasteiger partial charge in [0.15, 0.2) is 11.5 Å². The molecular weight excluding hydrogens is 360 g/mol. The molecular formula is C20H22N4O4. The van der Waals surface area contributed by atoms with Crippen LogP contribution < -0.4 is 15.4 Å². The minimum atomic E-state index is -0.475. The Morgan fingerprint density at radius 2 is 1.86 bits per heavy atom. The number of amides is 2. The summed E-state index contributed by atoms with van der Waals surface area (Å²) in [6, 6.07) is 9.17. The summed E-state index contributed by atoms with van der Waals surface area (Å²) in [6.07, 6.45) is 1.55. The zero-order valence-electron chi connectivity index (χ0n) is 16.2. The largest absolute Gasteiger partial charge is 0.485 e. The molecule has 8 nitrogen and oxygen atoms in total. The molecule has 1 aromatic carbocycles. The number of anilines is 1. The van der Waals surface area contributed by atoms with E-state index in [9.17, 15) is 9.59 Å². The maximum absolute atomic E-state index is 12.5. The van der Waals surface area contributed by atoms with Gasteiger partial charge in [0.25, 0.3) is 11.8 Å². The van der Waals surface area contributed by atoms with Crippen molar-refractivity contribution >= 4 is 17.5 Å². The number of nitrogens with zero attached hydrogens (tertiary/aromatic N) is 2. The Morgan fingerprint density at radius 3 is 2.54 bits per heavy atom. The summed E-state index contributed by atoms with van der Waals surface area (Å²) in [7, 11) is 3.16. The molecule has 2 amide bonds. The predicted molar refractivity (Wildman–Crippen MR) is 104 cm³/mol. The van der Waals surface area contributed by atoms with Gasteiger partial charge >= 0.3 is 0 Å². The number of benzene rings is 1. The van der Waals surface area contributed by atoms with Crippen molar-refractivity contribution in [3.63, 3.8) is 0 Å². The lowest BCUT2D eigenvalue weighted by Gasteiger charge is -2.10. The molecule has 3 aromatic rings. The monoisotopic (exact) mass is 382 g/mol. The van der Waals surface area contributed by atoms with Gasteiger partial charge in [0.2, 0.25) is 0 Å². The van der Waals surface area contributed by atoms with Crippen LogP contribution in [-0.2, 0) is 13.7 Å². The van der Waals surface area contributed by atoms with E-state index >= 15 is 0 Å². The van der Waals surface area contributed by atoms with Gasteiger partial charge in [-0.3, -0.25) is 14.3 Å². The molecule has 0 unspecified atom stereocenters. The van der Waals surface area contributed by atoms with Crippen molar-refractivity contribution in [2.24, 2.45) is 7.05 Å². The molecule has 8 heteroatoms. The second-order valence-electron chi connectivity index (χ2n) is 6.37. The van der Waals surface area contributed by atoms with Crippen LogP contribution in [0.25, 0.3) is 0 Å². The predicted octanol–water partition coefficient (Wildman–Crippen LogP) is 2.82. The van der Waals surface area contributed by atoms with Gasteiger partial charge in [0.05, 0.1) is 5.69 Å². The summed E-state index contributed by atoms with van der Waals surface area (Å²) >= 11 is 0. The number of rotatable bonds is 6. The number of nitrogens with one attached hydrogen (secondary N) is 2. The maximum Gasteiger partial charge on any atom is 0.291 e. The number of furan rings is 1. The first-order valence-electron chi connectivity index (χ1n) is 8.74. The molecule has 0 saturated heterocycles. The molecule has 2 aromatic heterocycles. The highest BCUT2D eigenvalue weighted by molar-refractivity contribution is 6.06. The topological polar surface area (TPSA) is 98.4 Å². The van der Waals surface area contributed by atoms with Crippen LogP contribution in [0, 0.1) is 13.8 Å². The smallest absolute Gasteiger partial charge is 0.291 e. The lowest BCUT2D eigenvalue weighted by molar-refractivity contribution is 0.0958. The van der Waals surface area contributed by atoms with Crippen molar-refractivity contribution in [3.8, 4) is 5.75 Å². The van der Waals surface area contributed by atoms with Crippen molar-refractivity contribution in [2.45, 2.75) is 20.5 Å². The molecule has 0 aliphatic rings. The number of hydrogen-bond acceptors (Lipinski definition) is 5. The van der Waals surface area contributed by atoms with Crippen LogP contribution in [0.15, 0.2) is 40.9 Å². The lowest BCUT2D eigenvalue weighted by atomic mass is 10.1. The van der Waals surface area contributed by atoms with E-state index in [0.29, 0.717) is 11.4 Å². The molecule has 0 saturated carbocycles. The molecule has 3 rings (SSSR count). The van der Waals surface area contributed by atoms with Crippen molar-refractivity contribution in [3.05, 3.63) is 64.9 Å². The number of carbonyl (C=O) groups excluding carboxylic acids is 2. The molecule has 0 fully saturated rings. The van der Waals surface area contributed by atoms with Crippen LogP contribution in [0.2, 0.25) is 0 Å². The molecule has 2 N–H and O–H groups in total. The van der Waals surface area contributed by atoms with Crippen LogP contribution in [0.4, 0.5) is 5.69 Å². The average molecular weight is 382 g/mol. The molecule has 28 heavy (non-hydrogen) atoms. The molecule has 2 heterocycles. The molecule has 0 aliphatic carbocycles. The number of hydrogen-bond donors (Lipinski definition) is 2. The van der Waals surface area contributed by atoms with E-state index in [4.69, 9.17) is 9.15 Å². The first-order valence-corrected chi connectivity index (χ1v) is 8.74. The highest BCUT2D eigenvalue weighted by atomic mass is 16.5. The summed E-state index contributed by atoms with van der Waals surface area (Å²) in [4.78, 5) is 24.3. The molecule has 0 spiro atoms. The molecule has 0 atom stereocenters. The minimum absolute atomic E-state index is 0.117. The third-order valence-electron chi connectivity index (χ3n) is 4.17. The summed E-state index contributed by atoms with van der Waals surface area (Å²) in [5.41, 5.74) is 2.49. The maximum atomic E-state index is 12.5. The zero-order valence-corrected chi connectivity index (χ0v) is 16.2. The Morgan fingerprint density at radius 1 is 1.14 bits per heavy atom. The van der Waals surface area contributed by atoms with Crippen LogP contribution >= 0.6 is 0 Å². The normalized spacial score (nSPS) is 10.6. The fourth-order valence-corrected chi connectivity index (χ4v) is 2.80. The quantitative estimate of drug-likeness (QED) is 0.683. The molecule has 146 valence electrons. The van der Waals surface area contributed by atoms with Crippen LogP contribution in [0.3, 0.4) is 0 Å². The standard InChI is InChI=1S/C20H22N4O4/c1-12-6-5-7-13(2)18(12)27-11-14-8-9-16(28-14)19(25)22-15-10-24(4)23-17(15)20(26)21-3/h5-10H,11H2,1-4H3,(H,21,26)(H,22,25). The third kappa shape index (κ3) is 4.06. The third-order valence-corrected chi connectivity index (χ3v) is 4.17. The second kappa shape index (κ2) is 7.99. The summed E-state index contributed by atoms with van der Waals surface area (Å²) in [5, 5.41) is 9.19. The van der Waals surface area contributed by atoms with E-state index in [1.165, 1.54) is 11.7 Å². The first kappa shape index (κ1) is 19.2. The van der Waals surface area contributed by atoms with E-state index in [1.54, 1.807) is 25.4 Å². The van der Waals surface area contributed by atoms with Gasteiger partial charge in [-0.25, -0.2) is 0 Å². The van der Waals surface area contributed by atoms with Crippen molar-refractivity contribution in [2.75, 3.05) is 12.4 Å². The fourth-order valence-electron chi connectivity index (χ4n) is 2.80. The van der Waals surface area contributed by atoms with Crippen molar-refractivity contribution in [1.29, 1.82) is 0 Å². The summed E-state index contributed by atoms with van der Waals surface area (Å²) < 4.78 is 12.9. The van der Waals surface area contributed by atoms with E-state index < -0.39 is 11.8 Å². The Labute approximate surface area is 162 Å². The van der Waals surface area contributed by atoms with Gasteiger partial charge in [-0.15, -0.1) is 0 Å². The van der Waals surface area contributed by atoms with E-state index in [2.05, 4.69) is 15.7 Å². The molecule has 0 aliphatic heterocycles. The Balaban J connectivity index is 1.69.